The number of hydrogen-bond acceptors (Lipinski definition) is 3. The highest BCUT2D eigenvalue weighted by Crippen LogP contribution is 2.21. The second kappa shape index (κ2) is 8.78. The van der Waals surface area contributed by atoms with Gasteiger partial charge in [0.15, 0.2) is 0 Å². The Kier molecular flexibility index (Phi) is 5.75. The summed E-state index contributed by atoms with van der Waals surface area (Å²) in [6.45, 7) is 2.61. The van der Waals surface area contributed by atoms with Crippen LogP contribution in [0.15, 0.2) is 79.4 Å². The molecular formula is C24H25N5O. The zero-order valence-electron chi connectivity index (χ0n) is 17.2. The molecule has 1 heterocycles. The molecule has 4 rings (SSSR count). The van der Waals surface area contributed by atoms with Crippen molar-refractivity contribution in [2.45, 2.75) is 19.4 Å². The van der Waals surface area contributed by atoms with Crippen molar-refractivity contribution in [3.8, 4) is 5.69 Å². The smallest absolute Gasteiger partial charge is 0.317 e. The molecule has 6 nitrogen and oxygen atoms in total. The van der Waals surface area contributed by atoms with Gasteiger partial charge in [0.1, 0.15) is 12.7 Å². The van der Waals surface area contributed by atoms with Crippen LogP contribution in [-0.4, -0.2) is 39.3 Å². The first-order valence-corrected chi connectivity index (χ1v) is 10.1. The molecule has 4 aromatic rings. The Bertz CT molecular complexity index is 1120. The minimum absolute atomic E-state index is 0.0487. The average molecular weight is 399 g/mol. The van der Waals surface area contributed by atoms with Crippen LogP contribution in [0.25, 0.3) is 16.5 Å². The van der Waals surface area contributed by atoms with E-state index in [4.69, 9.17) is 0 Å². The van der Waals surface area contributed by atoms with E-state index in [0.717, 1.165) is 17.7 Å². The predicted molar refractivity (Wildman–Crippen MR) is 119 cm³/mol. The number of nitrogens with one attached hydrogen (secondary N) is 1. The number of nitrogens with zero attached hydrogens (tertiary/aromatic N) is 4. The highest BCUT2D eigenvalue weighted by atomic mass is 16.2. The number of hydrogen-bond donors (Lipinski definition) is 1. The fraction of sp³-hybridized carbons (Fsp3) is 0.208. The summed E-state index contributed by atoms with van der Waals surface area (Å²) in [7, 11) is 1.82. The number of urea groups is 1. The van der Waals surface area contributed by atoms with Gasteiger partial charge < -0.3 is 10.2 Å². The normalized spacial score (nSPS) is 11.9. The summed E-state index contributed by atoms with van der Waals surface area (Å²) < 4.78 is 1.71. The lowest BCUT2D eigenvalue weighted by Gasteiger charge is -2.26. The molecule has 0 aliphatic carbocycles. The fourth-order valence-electron chi connectivity index (χ4n) is 3.59. The number of fused-ring (bicyclic) bond motifs is 1. The summed E-state index contributed by atoms with van der Waals surface area (Å²) in [5, 5.41) is 9.64. The van der Waals surface area contributed by atoms with Crippen LogP contribution in [0.1, 0.15) is 24.1 Å². The fourth-order valence-corrected chi connectivity index (χ4v) is 3.59. The van der Waals surface area contributed by atoms with Gasteiger partial charge in [-0.15, -0.1) is 0 Å². The standard InChI is InChI=1S/C24H25N5O/c1-18(19-10-12-22(13-11-19)29-17-25-16-27-29)28(2)24(30)26-15-14-21-8-5-7-20-6-3-4-9-23(20)21/h3-13,16-18H,14-15H2,1-2H3,(H,26,30). The number of benzene rings is 3. The number of carbonyl (C=O) groups is 1. The molecule has 1 N–H and O–H groups in total. The van der Waals surface area contributed by atoms with Gasteiger partial charge in [0, 0.05) is 13.6 Å². The van der Waals surface area contributed by atoms with Crippen molar-refractivity contribution < 1.29 is 4.79 Å². The zero-order chi connectivity index (χ0) is 20.9. The van der Waals surface area contributed by atoms with Gasteiger partial charge >= 0.3 is 6.03 Å². The lowest BCUT2D eigenvalue weighted by molar-refractivity contribution is 0.194. The summed E-state index contributed by atoms with van der Waals surface area (Å²) >= 11 is 0. The van der Waals surface area contributed by atoms with E-state index in [2.05, 4.69) is 45.7 Å². The van der Waals surface area contributed by atoms with Crippen LogP contribution in [0.4, 0.5) is 4.79 Å². The second-order valence-electron chi connectivity index (χ2n) is 7.34. The van der Waals surface area contributed by atoms with Crippen molar-refractivity contribution in [2.75, 3.05) is 13.6 Å². The molecule has 0 bridgehead atoms. The Morgan fingerprint density at radius 2 is 1.83 bits per heavy atom. The largest absolute Gasteiger partial charge is 0.338 e. The first-order valence-electron chi connectivity index (χ1n) is 10.1. The Balaban J connectivity index is 1.35. The van der Waals surface area contributed by atoms with E-state index in [1.54, 1.807) is 15.9 Å². The molecule has 1 aromatic heterocycles. The van der Waals surface area contributed by atoms with Crippen LogP contribution in [0.5, 0.6) is 0 Å². The van der Waals surface area contributed by atoms with Gasteiger partial charge in [-0.05, 0) is 47.4 Å². The number of aromatic nitrogens is 3. The minimum Gasteiger partial charge on any atom is -0.338 e. The quantitative estimate of drug-likeness (QED) is 0.524. The molecule has 152 valence electrons. The lowest BCUT2D eigenvalue weighted by atomic mass is 10.0. The number of amides is 2. The summed E-state index contributed by atoms with van der Waals surface area (Å²) in [6.07, 6.45) is 3.96. The van der Waals surface area contributed by atoms with Crippen LogP contribution in [0, 0.1) is 0 Å². The maximum absolute atomic E-state index is 12.7. The second-order valence-corrected chi connectivity index (χ2v) is 7.34. The molecule has 0 saturated carbocycles. The van der Waals surface area contributed by atoms with E-state index in [0.29, 0.717) is 6.54 Å². The third-order valence-corrected chi connectivity index (χ3v) is 5.51. The summed E-state index contributed by atoms with van der Waals surface area (Å²) in [5.74, 6) is 0. The molecule has 0 spiro atoms. The molecule has 1 atom stereocenters. The minimum atomic E-state index is -0.0805. The average Bonchev–Trinajstić information content (AvgIpc) is 3.33. The first kappa shape index (κ1) is 19.6. The monoisotopic (exact) mass is 399 g/mol. The molecule has 0 aliphatic rings. The van der Waals surface area contributed by atoms with E-state index < -0.39 is 0 Å². The van der Waals surface area contributed by atoms with Gasteiger partial charge in [0.25, 0.3) is 0 Å². The Hall–Kier alpha value is -3.67. The van der Waals surface area contributed by atoms with Crippen molar-refractivity contribution in [1.82, 2.24) is 25.0 Å². The first-order chi connectivity index (χ1) is 14.6. The topological polar surface area (TPSA) is 63.1 Å². The van der Waals surface area contributed by atoms with Crippen molar-refractivity contribution in [3.63, 3.8) is 0 Å². The maximum atomic E-state index is 12.7. The highest BCUT2D eigenvalue weighted by molar-refractivity contribution is 5.85. The van der Waals surface area contributed by atoms with Crippen LogP contribution in [0.2, 0.25) is 0 Å². The molecular weight excluding hydrogens is 374 g/mol. The third-order valence-electron chi connectivity index (χ3n) is 5.51. The van der Waals surface area contributed by atoms with E-state index in [9.17, 15) is 4.79 Å². The van der Waals surface area contributed by atoms with Gasteiger partial charge in [-0.1, -0.05) is 54.6 Å². The van der Waals surface area contributed by atoms with Gasteiger partial charge in [0.2, 0.25) is 0 Å². The lowest BCUT2D eigenvalue weighted by Crippen LogP contribution is -2.39. The highest BCUT2D eigenvalue weighted by Gasteiger charge is 2.17. The summed E-state index contributed by atoms with van der Waals surface area (Å²) in [4.78, 5) is 18.4. The van der Waals surface area contributed by atoms with Crippen molar-refractivity contribution in [2.24, 2.45) is 0 Å². The molecule has 2 amide bonds. The van der Waals surface area contributed by atoms with E-state index >= 15 is 0 Å². The third kappa shape index (κ3) is 4.17. The van der Waals surface area contributed by atoms with Crippen LogP contribution >= 0.6 is 0 Å². The Morgan fingerprint density at radius 1 is 1.07 bits per heavy atom. The van der Waals surface area contributed by atoms with E-state index in [1.807, 2.05) is 50.4 Å². The Labute approximate surface area is 176 Å². The maximum Gasteiger partial charge on any atom is 0.317 e. The van der Waals surface area contributed by atoms with Gasteiger partial charge in [0.05, 0.1) is 11.7 Å². The Morgan fingerprint density at radius 3 is 2.60 bits per heavy atom. The molecule has 0 fully saturated rings. The molecule has 0 aliphatic heterocycles. The number of rotatable bonds is 6. The summed E-state index contributed by atoms with van der Waals surface area (Å²) in [6, 6.07) is 22.5. The van der Waals surface area contributed by atoms with E-state index in [-0.39, 0.29) is 12.1 Å². The van der Waals surface area contributed by atoms with E-state index in [1.165, 1.54) is 22.7 Å². The van der Waals surface area contributed by atoms with Crippen molar-refractivity contribution in [3.05, 3.63) is 90.5 Å². The van der Waals surface area contributed by atoms with Crippen molar-refractivity contribution >= 4 is 16.8 Å². The number of carbonyl (C=O) groups excluding carboxylic acids is 1. The van der Waals surface area contributed by atoms with Gasteiger partial charge in [-0.2, -0.15) is 5.10 Å². The van der Waals surface area contributed by atoms with Crippen LogP contribution in [-0.2, 0) is 6.42 Å². The van der Waals surface area contributed by atoms with Crippen molar-refractivity contribution in [1.29, 1.82) is 0 Å². The SMILES string of the molecule is CC(c1ccc(-n2cncn2)cc1)N(C)C(=O)NCCc1cccc2ccccc12. The van der Waals surface area contributed by atoms with Gasteiger partial charge in [-0.3, -0.25) is 0 Å². The molecule has 3 aromatic carbocycles. The molecule has 0 saturated heterocycles. The summed E-state index contributed by atoms with van der Waals surface area (Å²) in [5.41, 5.74) is 3.24. The van der Waals surface area contributed by atoms with Crippen LogP contribution in [0.3, 0.4) is 0 Å². The van der Waals surface area contributed by atoms with Crippen LogP contribution < -0.4 is 5.32 Å². The predicted octanol–water partition coefficient (Wildman–Crippen LogP) is 4.37. The van der Waals surface area contributed by atoms with Gasteiger partial charge in [-0.25, -0.2) is 14.5 Å². The zero-order valence-corrected chi connectivity index (χ0v) is 17.2. The molecule has 1 unspecified atom stereocenters. The molecule has 0 radical (unpaired) electrons. The molecule has 30 heavy (non-hydrogen) atoms. The molecule has 6 heteroatoms.